The van der Waals surface area contributed by atoms with Crippen molar-refractivity contribution in [2.24, 2.45) is 0 Å². The Labute approximate surface area is 125 Å². The van der Waals surface area contributed by atoms with E-state index in [1.54, 1.807) is 0 Å². The van der Waals surface area contributed by atoms with Gasteiger partial charge in [-0.3, -0.25) is 0 Å². The lowest BCUT2D eigenvalue weighted by atomic mass is 10.1. The Hall–Kier alpha value is -0.600. The molecule has 0 saturated heterocycles. The highest BCUT2D eigenvalue weighted by molar-refractivity contribution is 7.90. The molecule has 0 saturated carbocycles. The Morgan fingerprint density at radius 3 is 1.90 bits per heavy atom. The maximum Gasteiger partial charge on any atom is 0.230 e. The van der Waals surface area contributed by atoms with Gasteiger partial charge in [0.2, 0.25) is 10.0 Å². The lowest BCUT2D eigenvalue weighted by molar-refractivity contribution is 0.436. The van der Waals surface area contributed by atoms with E-state index >= 15 is 0 Å². The minimum atomic E-state index is -3.44. The van der Waals surface area contributed by atoms with Gasteiger partial charge in [-0.1, -0.05) is 65.7 Å². The Kier molecular flexibility index (Phi) is 10.8. The van der Waals surface area contributed by atoms with Crippen LogP contribution < -0.4 is 0 Å². The molecule has 0 N–H and O–H groups in total. The van der Waals surface area contributed by atoms with E-state index in [4.69, 9.17) is 5.26 Å². The van der Waals surface area contributed by atoms with E-state index in [1.807, 2.05) is 19.9 Å². The second-order valence-electron chi connectivity index (χ2n) is 5.16. The summed E-state index contributed by atoms with van der Waals surface area (Å²) < 4.78 is 25.9. The molecule has 20 heavy (non-hydrogen) atoms. The van der Waals surface area contributed by atoms with Crippen LogP contribution in [0.2, 0.25) is 0 Å². The summed E-state index contributed by atoms with van der Waals surface area (Å²) in [5.41, 5.74) is 0. The van der Waals surface area contributed by atoms with Crippen molar-refractivity contribution >= 4 is 10.0 Å². The number of sulfonamides is 1. The predicted octanol–water partition coefficient (Wildman–Crippen LogP) is 3.69. The number of nitrogens with zero attached hydrogens (tertiary/aromatic N) is 2. The fourth-order valence-corrected chi connectivity index (χ4v) is 4.01. The van der Waals surface area contributed by atoms with E-state index in [0.29, 0.717) is 19.5 Å². The Bertz CT molecular complexity index is 370. The van der Waals surface area contributed by atoms with Crippen LogP contribution in [0.4, 0.5) is 0 Å². The molecule has 0 heterocycles. The van der Waals surface area contributed by atoms with Gasteiger partial charge >= 0.3 is 0 Å². The number of hydrogen-bond acceptors (Lipinski definition) is 3. The zero-order valence-electron chi connectivity index (χ0n) is 13.3. The lowest BCUT2D eigenvalue weighted by Crippen LogP contribution is -2.38. The summed E-state index contributed by atoms with van der Waals surface area (Å²) in [4.78, 5) is 0. The van der Waals surface area contributed by atoms with E-state index < -0.39 is 15.3 Å². The van der Waals surface area contributed by atoms with Gasteiger partial charge in [-0.15, -0.1) is 0 Å². The Balaban J connectivity index is 4.13. The summed E-state index contributed by atoms with van der Waals surface area (Å²) in [6, 6.07) is 1.97. The first-order valence-corrected chi connectivity index (χ1v) is 9.43. The first-order valence-electron chi connectivity index (χ1n) is 7.93. The maximum atomic E-state index is 12.2. The van der Waals surface area contributed by atoms with Crippen LogP contribution in [0.3, 0.4) is 0 Å². The van der Waals surface area contributed by atoms with Gasteiger partial charge in [0.1, 0.15) is 0 Å². The second-order valence-corrected chi connectivity index (χ2v) is 7.27. The molecule has 0 aliphatic carbocycles. The molecule has 0 radical (unpaired) electrons. The smallest absolute Gasteiger partial charge is 0.211 e. The molecule has 0 aliphatic rings. The highest BCUT2D eigenvalue weighted by Crippen LogP contribution is 2.16. The highest BCUT2D eigenvalue weighted by Gasteiger charge is 2.29. The van der Waals surface area contributed by atoms with Crippen molar-refractivity contribution in [1.29, 1.82) is 5.26 Å². The van der Waals surface area contributed by atoms with Gasteiger partial charge < -0.3 is 0 Å². The van der Waals surface area contributed by atoms with Crippen LogP contribution in [0.15, 0.2) is 0 Å². The molecule has 0 fully saturated rings. The van der Waals surface area contributed by atoms with Gasteiger partial charge in [-0.05, 0) is 6.42 Å². The molecule has 0 aliphatic heterocycles. The third-order valence-electron chi connectivity index (χ3n) is 3.64. The van der Waals surface area contributed by atoms with Crippen molar-refractivity contribution in [1.82, 2.24) is 4.31 Å². The standard InChI is InChI=1S/C15H30N2O2S/c1-4-7-8-9-10-11-12-13-15(14-16)20(18,19)17(5-2)6-3/h15H,4-13H2,1-3H3. The van der Waals surface area contributed by atoms with Gasteiger partial charge in [0.25, 0.3) is 0 Å². The van der Waals surface area contributed by atoms with Gasteiger partial charge in [-0.25, -0.2) is 12.7 Å². The zero-order valence-corrected chi connectivity index (χ0v) is 14.1. The van der Waals surface area contributed by atoms with Crippen molar-refractivity contribution in [3.63, 3.8) is 0 Å². The average Bonchev–Trinajstić information content (AvgIpc) is 2.42. The molecular formula is C15H30N2O2S. The Morgan fingerprint density at radius 1 is 0.950 bits per heavy atom. The quantitative estimate of drug-likeness (QED) is 0.516. The van der Waals surface area contributed by atoms with Gasteiger partial charge in [0, 0.05) is 13.1 Å². The van der Waals surface area contributed by atoms with Crippen LogP contribution in [0.5, 0.6) is 0 Å². The third kappa shape index (κ3) is 6.71. The summed E-state index contributed by atoms with van der Waals surface area (Å²) in [6.07, 6.45) is 8.44. The predicted molar refractivity (Wildman–Crippen MR) is 83.9 cm³/mol. The molecule has 0 spiro atoms. The van der Waals surface area contributed by atoms with E-state index in [2.05, 4.69) is 6.92 Å². The topological polar surface area (TPSA) is 61.2 Å². The first-order chi connectivity index (χ1) is 9.54. The third-order valence-corrected chi connectivity index (χ3v) is 5.94. The van der Waals surface area contributed by atoms with Crippen molar-refractivity contribution in [3.8, 4) is 6.07 Å². The average molecular weight is 302 g/mol. The normalized spacial score (nSPS) is 13.3. The van der Waals surface area contributed by atoms with E-state index in [0.717, 1.165) is 19.3 Å². The summed E-state index contributed by atoms with van der Waals surface area (Å²) in [5, 5.41) is 8.24. The molecule has 118 valence electrons. The summed E-state index contributed by atoms with van der Waals surface area (Å²) in [7, 11) is -3.44. The van der Waals surface area contributed by atoms with E-state index in [1.165, 1.54) is 30.0 Å². The first kappa shape index (κ1) is 19.4. The van der Waals surface area contributed by atoms with Crippen LogP contribution in [0.25, 0.3) is 0 Å². The van der Waals surface area contributed by atoms with Gasteiger partial charge in [0.15, 0.2) is 5.25 Å². The molecule has 4 nitrogen and oxygen atoms in total. The number of unbranched alkanes of at least 4 members (excludes halogenated alkanes) is 6. The molecule has 1 atom stereocenters. The van der Waals surface area contributed by atoms with E-state index in [-0.39, 0.29) is 0 Å². The molecular weight excluding hydrogens is 272 g/mol. The van der Waals surface area contributed by atoms with Gasteiger partial charge in [0.05, 0.1) is 6.07 Å². The number of hydrogen-bond donors (Lipinski definition) is 0. The molecule has 0 aromatic rings. The van der Waals surface area contributed by atoms with Gasteiger partial charge in [-0.2, -0.15) is 5.26 Å². The lowest BCUT2D eigenvalue weighted by Gasteiger charge is -2.21. The van der Waals surface area contributed by atoms with Crippen molar-refractivity contribution in [2.75, 3.05) is 13.1 Å². The Morgan fingerprint density at radius 2 is 1.45 bits per heavy atom. The van der Waals surface area contributed by atoms with Crippen LogP contribution in [0.1, 0.15) is 72.1 Å². The molecule has 0 aromatic carbocycles. The van der Waals surface area contributed by atoms with Crippen LogP contribution in [-0.4, -0.2) is 31.1 Å². The largest absolute Gasteiger partial charge is 0.230 e. The van der Waals surface area contributed by atoms with Crippen molar-refractivity contribution in [2.45, 2.75) is 77.4 Å². The fraction of sp³-hybridized carbons (Fsp3) is 0.933. The SMILES string of the molecule is CCCCCCCCCC(C#N)S(=O)(=O)N(CC)CC. The number of rotatable bonds is 12. The molecule has 0 aromatic heterocycles. The molecule has 5 heteroatoms. The maximum absolute atomic E-state index is 12.2. The summed E-state index contributed by atoms with van der Waals surface area (Å²) in [6.45, 7) is 6.68. The minimum absolute atomic E-state index is 0.439. The monoisotopic (exact) mass is 302 g/mol. The zero-order chi connectivity index (χ0) is 15.4. The minimum Gasteiger partial charge on any atom is -0.211 e. The molecule has 0 bridgehead atoms. The highest BCUT2D eigenvalue weighted by atomic mass is 32.2. The molecule has 0 rings (SSSR count). The van der Waals surface area contributed by atoms with Crippen molar-refractivity contribution in [3.05, 3.63) is 0 Å². The van der Waals surface area contributed by atoms with E-state index in [9.17, 15) is 8.42 Å². The fourth-order valence-electron chi connectivity index (χ4n) is 2.33. The van der Waals surface area contributed by atoms with Crippen LogP contribution >= 0.6 is 0 Å². The summed E-state index contributed by atoms with van der Waals surface area (Å²) in [5.74, 6) is 0. The molecule has 0 amide bonds. The number of nitriles is 1. The molecule has 1 unspecified atom stereocenters. The van der Waals surface area contributed by atoms with Crippen LogP contribution in [-0.2, 0) is 10.0 Å². The summed E-state index contributed by atoms with van der Waals surface area (Å²) >= 11 is 0. The van der Waals surface area contributed by atoms with Crippen LogP contribution in [0, 0.1) is 11.3 Å². The second kappa shape index (κ2) is 11.1. The van der Waals surface area contributed by atoms with Crippen molar-refractivity contribution < 1.29 is 8.42 Å².